The molecular formula is C14H26N2O4. The highest BCUT2D eigenvalue weighted by Gasteiger charge is 2.45. The molecule has 0 spiro atoms. The van der Waals surface area contributed by atoms with Crippen LogP contribution >= 0.6 is 0 Å². The van der Waals surface area contributed by atoms with Crippen LogP contribution in [-0.2, 0) is 4.79 Å². The van der Waals surface area contributed by atoms with Crippen molar-refractivity contribution in [3.8, 4) is 0 Å². The van der Waals surface area contributed by atoms with E-state index in [0.717, 1.165) is 12.8 Å². The number of likely N-dealkylation sites (tertiary alicyclic amines) is 1. The number of carboxylic acid groups (broad SMARTS) is 1. The van der Waals surface area contributed by atoms with E-state index in [0.29, 0.717) is 25.9 Å². The Kier molecular flexibility index (Phi) is 5.80. The van der Waals surface area contributed by atoms with Crippen LogP contribution in [0.2, 0.25) is 0 Å². The molecule has 0 aromatic rings. The summed E-state index contributed by atoms with van der Waals surface area (Å²) < 4.78 is 0. The van der Waals surface area contributed by atoms with Gasteiger partial charge in [-0.25, -0.2) is 9.59 Å². The van der Waals surface area contributed by atoms with E-state index in [1.807, 2.05) is 13.8 Å². The molecule has 20 heavy (non-hydrogen) atoms. The van der Waals surface area contributed by atoms with Gasteiger partial charge in [-0.1, -0.05) is 0 Å². The number of urea groups is 1. The van der Waals surface area contributed by atoms with Crippen molar-refractivity contribution in [3.63, 3.8) is 0 Å². The fourth-order valence-electron chi connectivity index (χ4n) is 2.62. The first-order valence-electron chi connectivity index (χ1n) is 7.27. The van der Waals surface area contributed by atoms with Crippen molar-refractivity contribution in [2.24, 2.45) is 0 Å². The molecule has 0 radical (unpaired) electrons. The summed E-state index contributed by atoms with van der Waals surface area (Å²) in [6.07, 6.45) is 2.65. The standard InChI is InChI=1S/C14H26N2O4/c1-11(2)15(8-6-10-17)13(20)16-9-5-4-7-14(16,3)12(18)19/h11,17H,4-10H2,1-3H3,(H,18,19). The van der Waals surface area contributed by atoms with Gasteiger partial charge in [0.05, 0.1) is 0 Å². The van der Waals surface area contributed by atoms with Crippen LogP contribution in [0.4, 0.5) is 4.79 Å². The van der Waals surface area contributed by atoms with E-state index in [-0.39, 0.29) is 18.7 Å². The monoisotopic (exact) mass is 286 g/mol. The molecule has 1 aliphatic heterocycles. The number of aliphatic hydroxyl groups is 1. The largest absolute Gasteiger partial charge is 0.480 e. The fraction of sp³-hybridized carbons (Fsp3) is 0.857. The quantitative estimate of drug-likeness (QED) is 0.803. The van der Waals surface area contributed by atoms with Crippen molar-refractivity contribution in [3.05, 3.63) is 0 Å². The normalized spacial score (nSPS) is 22.9. The number of piperidine rings is 1. The van der Waals surface area contributed by atoms with Gasteiger partial charge in [0.1, 0.15) is 5.54 Å². The van der Waals surface area contributed by atoms with E-state index in [1.165, 1.54) is 4.90 Å². The number of amides is 2. The molecular weight excluding hydrogens is 260 g/mol. The van der Waals surface area contributed by atoms with Gasteiger partial charge in [0.25, 0.3) is 0 Å². The lowest BCUT2D eigenvalue weighted by atomic mass is 9.88. The molecule has 1 unspecified atom stereocenters. The SMILES string of the molecule is CC(C)N(CCCO)C(=O)N1CCCCC1(C)C(=O)O. The van der Waals surface area contributed by atoms with Crippen LogP contribution in [-0.4, -0.2) is 63.3 Å². The smallest absolute Gasteiger partial charge is 0.329 e. The van der Waals surface area contributed by atoms with E-state index >= 15 is 0 Å². The summed E-state index contributed by atoms with van der Waals surface area (Å²) in [6.45, 7) is 6.36. The van der Waals surface area contributed by atoms with Gasteiger partial charge in [-0.15, -0.1) is 0 Å². The van der Waals surface area contributed by atoms with Crippen LogP contribution < -0.4 is 0 Å². The van der Waals surface area contributed by atoms with Crippen molar-refractivity contribution < 1.29 is 19.8 Å². The number of hydrogen-bond donors (Lipinski definition) is 2. The molecule has 0 aromatic heterocycles. The van der Waals surface area contributed by atoms with E-state index in [9.17, 15) is 14.7 Å². The van der Waals surface area contributed by atoms with Crippen LogP contribution in [0.1, 0.15) is 46.5 Å². The van der Waals surface area contributed by atoms with Crippen LogP contribution in [0.3, 0.4) is 0 Å². The molecule has 1 rings (SSSR count). The number of aliphatic carboxylic acids is 1. The Bertz CT molecular complexity index is 359. The van der Waals surface area contributed by atoms with E-state index in [2.05, 4.69) is 0 Å². The van der Waals surface area contributed by atoms with Gasteiger partial charge in [-0.2, -0.15) is 0 Å². The second-order valence-electron chi connectivity index (χ2n) is 5.83. The fourth-order valence-corrected chi connectivity index (χ4v) is 2.62. The molecule has 1 fully saturated rings. The number of carbonyl (C=O) groups is 2. The molecule has 0 saturated carbocycles. The van der Waals surface area contributed by atoms with E-state index in [1.54, 1.807) is 11.8 Å². The number of rotatable bonds is 5. The second kappa shape index (κ2) is 6.92. The number of carbonyl (C=O) groups excluding carboxylic acids is 1. The predicted octanol–water partition coefficient (Wildman–Crippen LogP) is 1.53. The molecule has 1 saturated heterocycles. The van der Waals surface area contributed by atoms with Crippen molar-refractivity contribution >= 4 is 12.0 Å². The van der Waals surface area contributed by atoms with Crippen LogP contribution in [0.15, 0.2) is 0 Å². The average Bonchev–Trinajstić information content (AvgIpc) is 2.38. The summed E-state index contributed by atoms with van der Waals surface area (Å²) in [7, 11) is 0. The number of carboxylic acids is 1. The molecule has 1 aliphatic rings. The lowest BCUT2D eigenvalue weighted by Gasteiger charge is -2.44. The first-order valence-corrected chi connectivity index (χ1v) is 7.27. The molecule has 2 amide bonds. The highest BCUT2D eigenvalue weighted by atomic mass is 16.4. The molecule has 2 N–H and O–H groups in total. The molecule has 0 aromatic carbocycles. The molecule has 6 heteroatoms. The summed E-state index contributed by atoms with van der Waals surface area (Å²) in [5, 5.41) is 18.4. The molecule has 0 bridgehead atoms. The van der Waals surface area contributed by atoms with E-state index < -0.39 is 11.5 Å². The zero-order valence-corrected chi connectivity index (χ0v) is 12.6. The third-order valence-corrected chi connectivity index (χ3v) is 4.01. The van der Waals surface area contributed by atoms with Gasteiger partial charge in [-0.3, -0.25) is 0 Å². The minimum absolute atomic E-state index is 0.0194. The minimum atomic E-state index is -1.12. The van der Waals surface area contributed by atoms with E-state index in [4.69, 9.17) is 5.11 Å². The van der Waals surface area contributed by atoms with Crippen molar-refractivity contribution in [1.82, 2.24) is 9.80 Å². The Balaban J connectivity index is 2.92. The Labute approximate surface area is 120 Å². The van der Waals surface area contributed by atoms with Crippen LogP contribution in [0.25, 0.3) is 0 Å². The topological polar surface area (TPSA) is 81.1 Å². The number of nitrogens with zero attached hydrogens (tertiary/aromatic N) is 2. The highest BCUT2D eigenvalue weighted by Crippen LogP contribution is 2.29. The average molecular weight is 286 g/mol. The van der Waals surface area contributed by atoms with Gasteiger partial charge in [0, 0.05) is 25.7 Å². The Morgan fingerprint density at radius 2 is 2.00 bits per heavy atom. The summed E-state index contributed by atoms with van der Waals surface area (Å²) >= 11 is 0. The molecule has 1 heterocycles. The second-order valence-corrected chi connectivity index (χ2v) is 5.83. The first-order chi connectivity index (χ1) is 9.34. The van der Waals surface area contributed by atoms with Gasteiger partial charge >= 0.3 is 12.0 Å². The van der Waals surface area contributed by atoms with Crippen LogP contribution in [0.5, 0.6) is 0 Å². The van der Waals surface area contributed by atoms with Gasteiger partial charge < -0.3 is 20.0 Å². The molecule has 0 aliphatic carbocycles. The van der Waals surface area contributed by atoms with Crippen molar-refractivity contribution in [2.75, 3.05) is 19.7 Å². The Morgan fingerprint density at radius 1 is 1.35 bits per heavy atom. The summed E-state index contributed by atoms with van der Waals surface area (Å²) in [6, 6.07) is -0.257. The maximum Gasteiger partial charge on any atom is 0.329 e. The predicted molar refractivity (Wildman–Crippen MR) is 75.5 cm³/mol. The third-order valence-electron chi connectivity index (χ3n) is 4.01. The van der Waals surface area contributed by atoms with Crippen molar-refractivity contribution in [2.45, 2.75) is 58.0 Å². The molecule has 116 valence electrons. The highest BCUT2D eigenvalue weighted by molar-refractivity contribution is 5.86. The van der Waals surface area contributed by atoms with Crippen LogP contribution in [0, 0.1) is 0 Å². The number of aliphatic hydroxyl groups excluding tert-OH is 1. The van der Waals surface area contributed by atoms with Gasteiger partial charge in [0.2, 0.25) is 0 Å². The lowest BCUT2D eigenvalue weighted by Crippen LogP contribution is -2.61. The Morgan fingerprint density at radius 3 is 2.50 bits per heavy atom. The number of hydrogen-bond acceptors (Lipinski definition) is 3. The van der Waals surface area contributed by atoms with Gasteiger partial charge in [0.15, 0.2) is 0 Å². The maximum atomic E-state index is 12.7. The Hall–Kier alpha value is -1.30. The van der Waals surface area contributed by atoms with Crippen molar-refractivity contribution in [1.29, 1.82) is 0 Å². The minimum Gasteiger partial charge on any atom is -0.480 e. The zero-order valence-electron chi connectivity index (χ0n) is 12.6. The third kappa shape index (κ3) is 3.42. The molecule has 6 nitrogen and oxygen atoms in total. The lowest BCUT2D eigenvalue weighted by molar-refractivity contribution is -0.151. The zero-order chi connectivity index (χ0) is 15.3. The van der Waals surface area contributed by atoms with Gasteiger partial charge in [-0.05, 0) is 46.5 Å². The maximum absolute atomic E-state index is 12.7. The summed E-state index contributed by atoms with van der Waals surface area (Å²) in [4.78, 5) is 27.3. The summed E-state index contributed by atoms with van der Waals surface area (Å²) in [5.74, 6) is -0.948. The first kappa shape index (κ1) is 16.8. The summed E-state index contributed by atoms with van der Waals surface area (Å²) in [5.41, 5.74) is -1.12. The molecule has 1 atom stereocenters.